The van der Waals surface area contributed by atoms with Gasteiger partial charge in [0, 0.05) is 4.47 Å². The third-order valence-corrected chi connectivity index (χ3v) is 2.12. The number of halogens is 1. The molecule has 0 amide bonds. The molecule has 0 saturated heterocycles. The lowest BCUT2D eigenvalue weighted by molar-refractivity contribution is 0.648. The lowest BCUT2D eigenvalue weighted by Crippen LogP contribution is -2.00. The predicted molar refractivity (Wildman–Crippen MR) is 51.1 cm³/mol. The summed E-state index contributed by atoms with van der Waals surface area (Å²) >= 11 is 3.41. The molecule has 0 unspecified atom stereocenters. The van der Waals surface area contributed by atoms with Gasteiger partial charge in [-0.05, 0) is 28.1 Å². The van der Waals surface area contributed by atoms with E-state index in [0.29, 0.717) is 6.54 Å². The summed E-state index contributed by atoms with van der Waals surface area (Å²) in [5, 5.41) is 10.9. The largest absolute Gasteiger partial charge is 0.228 e. The van der Waals surface area contributed by atoms with Gasteiger partial charge in [0.15, 0.2) is 0 Å². The van der Waals surface area contributed by atoms with E-state index in [1.165, 1.54) is 5.56 Å². The summed E-state index contributed by atoms with van der Waals surface area (Å²) < 4.78 is 2.75. The molecule has 0 aliphatic carbocycles. The first kappa shape index (κ1) is 8.37. The standard InChI is InChI=1S/C8H7BrN4/c9-8-3-1-2-7(4-8)5-13-6-10-11-12-13/h1-4,6H,5H2. The van der Waals surface area contributed by atoms with Gasteiger partial charge in [-0.3, -0.25) is 0 Å². The van der Waals surface area contributed by atoms with E-state index in [9.17, 15) is 0 Å². The SMILES string of the molecule is Brc1cccc(Cn2cnnn2)c1. The lowest BCUT2D eigenvalue weighted by Gasteiger charge is -1.99. The average Bonchev–Trinajstić information content (AvgIpc) is 2.57. The third kappa shape index (κ3) is 2.12. The van der Waals surface area contributed by atoms with Crippen LogP contribution in [-0.2, 0) is 6.54 Å². The monoisotopic (exact) mass is 238 g/mol. The maximum Gasteiger partial charge on any atom is 0.138 e. The van der Waals surface area contributed by atoms with Crippen LogP contribution < -0.4 is 0 Å². The van der Waals surface area contributed by atoms with Gasteiger partial charge in [-0.1, -0.05) is 28.1 Å². The summed E-state index contributed by atoms with van der Waals surface area (Å²) in [6.45, 7) is 0.701. The van der Waals surface area contributed by atoms with Crippen molar-refractivity contribution in [1.29, 1.82) is 0 Å². The molecular weight excluding hydrogens is 232 g/mol. The van der Waals surface area contributed by atoms with Gasteiger partial charge in [-0.25, -0.2) is 4.68 Å². The minimum absolute atomic E-state index is 0.701. The van der Waals surface area contributed by atoms with Crippen molar-refractivity contribution in [2.45, 2.75) is 6.54 Å². The molecule has 4 nitrogen and oxygen atoms in total. The molecule has 0 aliphatic rings. The Kier molecular flexibility index (Phi) is 2.35. The number of benzene rings is 1. The highest BCUT2D eigenvalue weighted by molar-refractivity contribution is 9.10. The summed E-state index contributed by atoms with van der Waals surface area (Å²) in [5.74, 6) is 0. The summed E-state index contributed by atoms with van der Waals surface area (Å²) in [6.07, 6.45) is 1.60. The van der Waals surface area contributed by atoms with Crippen LogP contribution in [0.1, 0.15) is 5.56 Å². The van der Waals surface area contributed by atoms with Gasteiger partial charge in [-0.15, -0.1) is 5.10 Å². The Morgan fingerprint density at radius 2 is 2.31 bits per heavy atom. The maximum absolute atomic E-state index is 3.78. The summed E-state index contributed by atoms with van der Waals surface area (Å²) in [4.78, 5) is 0. The Labute approximate surface area is 83.7 Å². The minimum Gasteiger partial charge on any atom is -0.228 e. The highest BCUT2D eigenvalue weighted by atomic mass is 79.9. The Balaban J connectivity index is 2.19. The van der Waals surface area contributed by atoms with Crippen molar-refractivity contribution >= 4 is 15.9 Å². The van der Waals surface area contributed by atoms with Gasteiger partial charge >= 0.3 is 0 Å². The van der Waals surface area contributed by atoms with Crippen LogP contribution in [0.5, 0.6) is 0 Å². The summed E-state index contributed by atoms with van der Waals surface area (Å²) in [7, 11) is 0. The molecule has 0 aliphatic heterocycles. The molecule has 0 N–H and O–H groups in total. The summed E-state index contributed by atoms with van der Waals surface area (Å²) in [6, 6.07) is 8.06. The van der Waals surface area contributed by atoms with Crippen molar-refractivity contribution in [2.24, 2.45) is 0 Å². The Morgan fingerprint density at radius 1 is 1.38 bits per heavy atom. The van der Waals surface area contributed by atoms with E-state index in [1.807, 2.05) is 24.3 Å². The molecule has 5 heteroatoms. The molecule has 66 valence electrons. The zero-order valence-corrected chi connectivity index (χ0v) is 8.35. The zero-order chi connectivity index (χ0) is 9.10. The normalized spacial score (nSPS) is 10.2. The fourth-order valence-corrected chi connectivity index (χ4v) is 1.52. The van der Waals surface area contributed by atoms with Crippen LogP contribution in [0, 0.1) is 0 Å². The van der Waals surface area contributed by atoms with Gasteiger partial charge in [0.25, 0.3) is 0 Å². The first-order valence-corrected chi connectivity index (χ1v) is 4.59. The molecule has 0 radical (unpaired) electrons. The van der Waals surface area contributed by atoms with E-state index in [1.54, 1.807) is 11.0 Å². The molecule has 2 rings (SSSR count). The van der Waals surface area contributed by atoms with E-state index in [4.69, 9.17) is 0 Å². The third-order valence-electron chi connectivity index (χ3n) is 1.63. The van der Waals surface area contributed by atoms with Crippen LogP contribution in [0.2, 0.25) is 0 Å². The van der Waals surface area contributed by atoms with Gasteiger partial charge in [0.2, 0.25) is 0 Å². The van der Waals surface area contributed by atoms with Gasteiger partial charge < -0.3 is 0 Å². The van der Waals surface area contributed by atoms with Crippen LogP contribution in [-0.4, -0.2) is 20.2 Å². The van der Waals surface area contributed by atoms with Crippen molar-refractivity contribution in [1.82, 2.24) is 20.2 Å². The van der Waals surface area contributed by atoms with Gasteiger partial charge in [0.1, 0.15) is 6.33 Å². The smallest absolute Gasteiger partial charge is 0.138 e. The number of hydrogen-bond donors (Lipinski definition) is 0. The van der Waals surface area contributed by atoms with Crippen molar-refractivity contribution in [2.75, 3.05) is 0 Å². The molecule has 1 aromatic carbocycles. The van der Waals surface area contributed by atoms with Crippen molar-refractivity contribution in [3.8, 4) is 0 Å². The Hall–Kier alpha value is -1.23. The highest BCUT2D eigenvalue weighted by Gasteiger charge is 1.96. The molecular formula is C8H7BrN4. The van der Waals surface area contributed by atoms with E-state index < -0.39 is 0 Å². The first-order chi connectivity index (χ1) is 6.34. The second-order valence-electron chi connectivity index (χ2n) is 2.64. The molecule has 13 heavy (non-hydrogen) atoms. The molecule has 2 aromatic rings. The Morgan fingerprint density at radius 3 is 3.00 bits per heavy atom. The lowest BCUT2D eigenvalue weighted by atomic mass is 10.2. The summed E-state index contributed by atoms with van der Waals surface area (Å²) in [5.41, 5.74) is 1.17. The molecule has 0 saturated carbocycles. The molecule has 0 bridgehead atoms. The van der Waals surface area contributed by atoms with Crippen LogP contribution >= 0.6 is 15.9 Å². The number of rotatable bonds is 2. The maximum atomic E-state index is 3.78. The van der Waals surface area contributed by atoms with Crippen LogP contribution in [0.4, 0.5) is 0 Å². The molecule has 0 fully saturated rings. The van der Waals surface area contributed by atoms with Gasteiger partial charge in [-0.2, -0.15) is 0 Å². The first-order valence-electron chi connectivity index (χ1n) is 3.80. The molecule has 0 atom stereocenters. The Bertz CT molecular complexity index is 385. The van der Waals surface area contributed by atoms with Crippen LogP contribution in [0.15, 0.2) is 35.1 Å². The van der Waals surface area contributed by atoms with E-state index >= 15 is 0 Å². The molecule has 1 aromatic heterocycles. The minimum atomic E-state index is 0.701. The van der Waals surface area contributed by atoms with E-state index in [-0.39, 0.29) is 0 Å². The van der Waals surface area contributed by atoms with E-state index in [0.717, 1.165) is 4.47 Å². The van der Waals surface area contributed by atoms with Crippen molar-refractivity contribution in [3.63, 3.8) is 0 Å². The van der Waals surface area contributed by atoms with Crippen molar-refractivity contribution in [3.05, 3.63) is 40.6 Å². The van der Waals surface area contributed by atoms with E-state index in [2.05, 4.69) is 31.5 Å². The van der Waals surface area contributed by atoms with Gasteiger partial charge in [0.05, 0.1) is 6.54 Å². The zero-order valence-electron chi connectivity index (χ0n) is 6.76. The quantitative estimate of drug-likeness (QED) is 0.797. The second kappa shape index (κ2) is 3.66. The fraction of sp³-hybridized carbons (Fsp3) is 0.125. The topological polar surface area (TPSA) is 43.6 Å². The average molecular weight is 239 g/mol. The predicted octanol–water partition coefficient (Wildman–Crippen LogP) is 1.48. The number of nitrogens with zero attached hydrogens (tertiary/aromatic N) is 4. The van der Waals surface area contributed by atoms with Crippen LogP contribution in [0.3, 0.4) is 0 Å². The number of aromatic nitrogens is 4. The second-order valence-corrected chi connectivity index (χ2v) is 3.55. The molecule has 1 heterocycles. The van der Waals surface area contributed by atoms with Crippen molar-refractivity contribution < 1.29 is 0 Å². The highest BCUT2D eigenvalue weighted by Crippen LogP contribution is 2.11. The van der Waals surface area contributed by atoms with Crippen LogP contribution in [0.25, 0.3) is 0 Å². The number of hydrogen-bond acceptors (Lipinski definition) is 3. The molecule has 0 spiro atoms. The fourth-order valence-electron chi connectivity index (χ4n) is 1.08. The number of tetrazole rings is 1.